The van der Waals surface area contributed by atoms with Gasteiger partial charge in [0.05, 0.1) is 0 Å². The van der Waals surface area contributed by atoms with Crippen LogP contribution in [0.25, 0.3) is 11.1 Å². The van der Waals surface area contributed by atoms with Gasteiger partial charge in [-0.05, 0) is 35.6 Å². The largest absolute Gasteiger partial charge is 0.507 e. The number of hydrogen-bond acceptors (Lipinski definition) is 1. The Balaban J connectivity index is 0.00000120. The molecule has 2 aliphatic carbocycles. The Morgan fingerprint density at radius 1 is 0.889 bits per heavy atom. The first-order valence-electron chi connectivity index (χ1n) is 5.90. The second kappa shape index (κ2) is 5.66. The topological polar surface area (TPSA) is 20.2 Å². The van der Waals surface area contributed by atoms with Crippen LogP contribution in [0.15, 0.2) is 54.7 Å². The van der Waals surface area contributed by atoms with Crippen LogP contribution in [-0.2, 0) is 25.8 Å². The van der Waals surface area contributed by atoms with E-state index in [4.69, 9.17) is 0 Å². The third-order valence-electron chi connectivity index (χ3n) is 3.25. The van der Waals surface area contributed by atoms with E-state index >= 15 is 0 Å². The fourth-order valence-corrected chi connectivity index (χ4v) is 2.42. The van der Waals surface area contributed by atoms with Crippen molar-refractivity contribution in [3.63, 3.8) is 0 Å². The van der Waals surface area contributed by atoms with Gasteiger partial charge in [0.1, 0.15) is 5.75 Å². The Morgan fingerprint density at radius 2 is 1.56 bits per heavy atom. The summed E-state index contributed by atoms with van der Waals surface area (Å²) in [6, 6.07) is 5.77. The molecule has 0 bridgehead atoms. The molecule has 1 N–H and O–H groups in total. The minimum Gasteiger partial charge on any atom is -0.507 e. The summed E-state index contributed by atoms with van der Waals surface area (Å²) < 4.78 is 0. The van der Waals surface area contributed by atoms with Gasteiger partial charge in [0, 0.05) is 31.4 Å². The number of benzene rings is 1. The summed E-state index contributed by atoms with van der Waals surface area (Å²) in [7, 11) is 0. The molecule has 18 heavy (non-hydrogen) atoms. The van der Waals surface area contributed by atoms with Gasteiger partial charge in [-0.15, -0.1) is 0 Å². The predicted molar refractivity (Wildman–Crippen MR) is 71.6 cm³/mol. The Kier molecular flexibility index (Phi) is 4.18. The zero-order valence-electron chi connectivity index (χ0n) is 10.1. The zero-order valence-corrected chi connectivity index (χ0v) is 13.7. The van der Waals surface area contributed by atoms with Crippen LogP contribution in [0, 0.1) is 0 Å². The molecule has 2 heteroatoms. The maximum atomic E-state index is 10.1. The van der Waals surface area contributed by atoms with Gasteiger partial charge in [-0.1, -0.05) is 48.6 Å². The van der Waals surface area contributed by atoms with Crippen LogP contribution >= 0.6 is 0 Å². The zero-order chi connectivity index (χ0) is 11.7. The van der Waals surface area contributed by atoms with Gasteiger partial charge in [0.15, 0.2) is 0 Å². The minimum absolute atomic E-state index is 0. The number of allylic oxidation sites excluding steroid dienone is 8. The van der Waals surface area contributed by atoms with E-state index in [9.17, 15) is 5.11 Å². The first-order chi connectivity index (χ1) is 8.36. The first-order valence-corrected chi connectivity index (χ1v) is 5.90. The van der Waals surface area contributed by atoms with Crippen LogP contribution in [0.3, 0.4) is 0 Å². The number of aromatic hydroxyl groups is 1. The summed E-state index contributed by atoms with van der Waals surface area (Å²) in [6.07, 6.45) is 14.5. The molecular formula is C16H14HfO. The Bertz CT molecular complexity index is 577. The number of rotatable bonds is 2. The molecule has 0 spiro atoms. The average molecular weight is 401 g/mol. The van der Waals surface area contributed by atoms with Crippen molar-refractivity contribution in [3.8, 4) is 5.75 Å². The van der Waals surface area contributed by atoms with E-state index in [1.807, 2.05) is 12.1 Å². The minimum atomic E-state index is 0. The van der Waals surface area contributed by atoms with E-state index in [1.54, 1.807) is 6.07 Å². The molecule has 0 radical (unpaired) electrons. The van der Waals surface area contributed by atoms with E-state index < -0.39 is 0 Å². The van der Waals surface area contributed by atoms with Crippen LogP contribution < -0.4 is 0 Å². The van der Waals surface area contributed by atoms with Gasteiger partial charge in [-0.25, -0.2) is 0 Å². The van der Waals surface area contributed by atoms with Crippen LogP contribution in [0.4, 0.5) is 0 Å². The number of phenols is 1. The SMILES string of the molecule is Oc1cccc(C2=CC=CC2)c1C1=CC=CC1.[Hf]. The molecule has 0 aromatic heterocycles. The third kappa shape index (κ3) is 2.35. The molecule has 2 aliphatic rings. The van der Waals surface area contributed by atoms with Gasteiger partial charge in [-0.3, -0.25) is 0 Å². The first kappa shape index (κ1) is 13.3. The molecule has 0 aliphatic heterocycles. The van der Waals surface area contributed by atoms with E-state index in [0.29, 0.717) is 5.75 Å². The van der Waals surface area contributed by atoms with Gasteiger partial charge in [0.2, 0.25) is 0 Å². The van der Waals surface area contributed by atoms with Crippen molar-refractivity contribution in [2.45, 2.75) is 12.8 Å². The van der Waals surface area contributed by atoms with E-state index in [0.717, 1.165) is 24.0 Å². The van der Waals surface area contributed by atoms with Crippen LogP contribution in [0.1, 0.15) is 24.0 Å². The van der Waals surface area contributed by atoms with Gasteiger partial charge in [0.25, 0.3) is 0 Å². The van der Waals surface area contributed by atoms with Crippen molar-refractivity contribution in [2.75, 3.05) is 0 Å². The summed E-state index contributed by atoms with van der Waals surface area (Å²) in [5, 5.41) is 10.1. The fourth-order valence-electron chi connectivity index (χ4n) is 2.42. The predicted octanol–water partition coefficient (Wildman–Crippen LogP) is 4.08. The molecule has 0 unspecified atom stereocenters. The number of phenolic OH excluding ortho intramolecular Hbond substituents is 1. The van der Waals surface area contributed by atoms with Crippen LogP contribution in [-0.4, -0.2) is 5.11 Å². The average Bonchev–Trinajstić information content (AvgIpc) is 3.02. The summed E-state index contributed by atoms with van der Waals surface area (Å²) in [6.45, 7) is 0. The number of hydrogen-bond donors (Lipinski definition) is 1. The quantitative estimate of drug-likeness (QED) is 0.742. The standard InChI is InChI=1S/C16H14O.Hf/c17-15-11-5-10-14(12-6-1-2-7-12)16(15)13-8-3-4-9-13;/h1-6,8,10-11,17H,7,9H2;. The van der Waals surface area contributed by atoms with Crippen LogP contribution in [0.5, 0.6) is 5.75 Å². The second-order valence-corrected chi connectivity index (χ2v) is 4.35. The molecule has 0 saturated carbocycles. The van der Waals surface area contributed by atoms with Crippen LogP contribution in [0.2, 0.25) is 0 Å². The van der Waals surface area contributed by atoms with Crippen molar-refractivity contribution >= 4 is 11.1 Å². The molecule has 0 atom stereocenters. The molecule has 1 nitrogen and oxygen atoms in total. The molecule has 0 amide bonds. The van der Waals surface area contributed by atoms with E-state index in [-0.39, 0.29) is 25.8 Å². The van der Waals surface area contributed by atoms with Gasteiger partial charge in [-0.2, -0.15) is 0 Å². The molecule has 3 rings (SSSR count). The smallest absolute Gasteiger partial charge is 0.123 e. The van der Waals surface area contributed by atoms with E-state index in [1.165, 1.54) is 11.1 Å². The van der Waals surface area contributed by atoms with Crippen molar-refractivity contribution in [1.29, 1.82) is 0 Å². The van der Waals surface area contributed by atoms with Crippen molar-refractivity contribution < 1.29 is 30.9 Å². The molecule has 0 fully saturated rings. The Morgan fingerprint density at radius 3 is 2.17 bits per heavy atom. The second-order valence-electron chi connectivity index (χ2n) is 4.35. The van der Waals surface area contributed by atoms with Crippen molar-refractivity contribution in [3.05, 3.63) is 65.8 Å². The van der Waals surface area contributed by atoms with Gasteiger partial charge < -0.3 is 5.11 Å². The van der Waals surface area contributed by atoms with Gasteiger partial charge >= 0.3 is 0 Å². The fraction of sp³-hybridized carbons (Fsp3) is 0.125. The Labute approximate surface area is 126 Å². The van der Waals surface area contributed by atoms with Crippen molar-refractivity contribution in [1.82, 2.24) is 0 Å². The monoisotopic (exact) mass is 402 g/mol. The normalized spacial score (nSPS) is 16.4. The summed E-state index contributed by atoms with van der Waals surface area (Å²) in [5.74, 6) is 0.380. The maximum absolute atomic E-state index is 10.1. The van der Waals surface area contributed by atoms with Crippen molar-refractivity contribution in [2.24, 2.45) is 0 Å². The summed E-state index contributed by atoms with van der Waals surface area (Å²) in [5.41, 5.74) is 4.63. The third-order valence-corrected chi connectivity index (χ3v) is 3.25. The molecule has 88 valence electrons. The Hall–Kier alpha value is -1.15. The molecule has 1 aromatic carbocycles. The molecular weight excluding hydrogens is 387 g/mol. The summed E-state index contributed by atoms with van der Waals surface area (Å²) in [4.78, 5) is 0. The molecule has 0 heterocycles. The summed E-state index contributed by atoms with van der Waals surface area (Å²) >= 11 is 0. The van der Waals surface area contributed by atoms with E-state index in [2.05, 4.69) is 36.4 Å². The molecule has 0 saturated heterocycles. The maximum Gasteiger partial charge on any atom is 0.123 e. The molecule has 1 aromatic rings.